The van der Waals surface area contributed by atoms with E-state index in [1.165, 1.54) is 50.5 Å². The van der Waals surface area contributed by atoms with E-state index in [4.69, 9.17) is 0 Å². The number of aldehydes is 1. The van der Waals surface area contributed by atoms with Gasteiger partial charge in [0, 0.05) is 18.4 Å². The van der Waals surface area contributed by atoms with Gasteiger partial charge in [-0.3, -0.25) is 9.59 Å². The van der Waals surface area contributed by atoms with Gasteiger partial charge in [-0.2, -0.15) is 0 Å². The monoisotopic (exact) mass is 390 g/mol. The summed E-state index contributed by atoms with van der Waals surface area (Å²) in [5.74, 6) is 1.46. The minimum absolute atomic E-state index is 0. The van der Waals surface area contributed by atoms with Crippen LogP contribution in [-0.4, -0.2) is 17.5 Å². The number of hydrogen-bond donors (Lipinski definition) is 0. The number of ketones is 1. The standard InChI is InChI=1S/C14H26O.C11H14O.H2O/c1-2-8-14(15)12-7-6-11-13-9-4-3-5-10-13;1-4-10-5-8(2)11(7-12)9(3)6-10;/h13H,2-12H2,1H3;5-7H,4H2,1-3H3;1H2. The molecule has 1 aromatic carbocycles. The van der Waals surface area contributed by atoms with Gasteiger partial charge in [0.25, 0.3) is 0 Å². The van der Waals surface area contributed by atoms with Crippen molar-refractivity contribution < 1.29 is 15.1 Å². The number of hydrogen-bond acceptors (Lipinski definition) is 2. The van der Waals surface area contributed by atoms with Crippen LogP contribution in [0.25, 0.3) is 0 Å². The van der Waals surface area contributed by atoms with E-state index in [0.717, 1.165) is 61.0 Å². The van der Waals surface area contributed by atoms with Gasteiger partial charge >= 0.3 is 0 Å². The summed E-state index contributed by atoms with van der Waals surface area (Å²) in [6.45, 7) is 8.17. The second-order valence-corrected chi connectivity index (χ2v) is 8.15. The molecule has 3 nitrogen and oxygen atoms in total. The fourth-order valence-corrected chi connectivity index (χ4v) is 4.09. The van der Waals surface area contributed by atoms with E-state index in [0.29, 0.717) is 5.78 Å². The van der Waals surface area contributed by atoms with Crippen molar-refractivity contribution in [3.05, 3.63) is 34.4 Å². The van der Waals surface area contributed by atoms with E-state index in [1.54, 1.807) is 0 Å². The van der Waals surface area contributed by atoms with Gasteiger partial charge in [-0.1, -0.05) is 70.9 Å². The topological polar surface area (TPSA) is 65.6 Å². The minimum atomic E-state index is 0. The van der Waals surface area contributed by atoms with E-state index in [-0.39, 0.29) is 5.48 Å². The summed E-state index contributed by atoms with van der Waals surface area (Å²) < 4.78 is 0. The average Bonchev–Trinajstić information content (AvgIpc) is 2.66. The number of carbonyl (C=O) groups excluding carboxylic acids is 2. The van der Waals surface area contributed by atoms with Crippen LogP contribution in [-0.2, 0) is 11.2 Å². The van der Waals surface area contributed by atoms with E-state index < -0.39 is 0 Å². The van der Waals surface area contributed by atoms with Crippen LogP contribution >= 0.6 is 0 Å². The summed E-state index contributed by atoms with van der Waals surface area (Å²) in [5, 5.41) is 0. The van der Waals surface area contributed by atoms with Crippen LogP contribution in [0.5, 0.6) is 0 Å². The molecular weight excluding hydrogens is 348 g/mol. The fraction of sp³-hybridized carbons (Fsp3) is 0.680. The van der Waals surface area contributed by atoms with Crippen molar-refractivity contribution in [3.63, 3.8) is 0 Å². The smallest absolute Gasteiger partial charge is 0.150 e. The Hall–Kier alpha value is -1.48. The van der Waals surface area contributed by atoms with Gasteiger partial charge in [0.1, 0.15) is 5.78 Å². The molecule has 1 aliphatic rings. The summed E-state index contributed by atoms with van der Waals surface area (Å²) >= 11 is 0. The molecule has 160 valence electrons. The molecule has 0 amide bonds. The van der Waals surface area contributed by atoms with Crippen LogP contribution in [0.4, 0.5) is 0 Å². The lowest BCUT2D eigenvalue weighted by Gasteiger charge is -2.21. The number of rotatable bonds is 9. The van der Waals surface area contributed by atoms with Crippen molar-refractivity contribution in [1.82, 2.24) is 0 Å². The highest BCUT2D eigenvalue weighted by Crippen LogP contribution is 2.27. The molecule has 3 heteroatoms. The summed E-state index contributed by atoms with van der Waals surface area (Å²) in [6, 6.07) is 4.16. The lowest BCUT2D eigenvalue weighted by molar-refractivity contribution is -0.119. The first-order chi connectivity index (χ1) is 13.0. The number of carbonyl (C=O) groups is 2. The number of Topliss-reactive ketones (excluding diaryl/α,β-unsaturated/α-hetero) is 1. The molecule has 0 aromatic heterocycles. The Morgan fingerprint density at radius 1 is 1.00 bits per heavy atom. The predicted octanol–water partition coefficient (Wildman–Crippen LogP) is 6.35. The first-order valence-corrected chi connectivity index (χ1v) is 11.1. The molecule has 1 saturated carbocycles. The van der Waals surface area contributed by atoms with Crippen molar-refractivity contribution in [3.8, 4) is 0 Å². The number of aryl methyl sites for hydroxylation is 3. The van der Waals surface area contributed by atoms with Gasteiger partial charge in [-0.05, 0) is 55.7 Å². The maximum atomic E-state index is 11.3. The van der Waals surface area contributed by atoms with Crippen molar-refractivity contribution in [2.75, 3.05) is 0 Å². The molecule has 0 bridgehead atoms. The maximum Gasteiger partial charge on any atom is 0.150 e. The van der Waals surface area contributed by atoms with Gasteiger partial charge in [-0.25, -0.2) is 0 Å². The zero-order valence-electron chi connectivity index (χ0n) is 18.6. The summed E-state index contributed by atoms with van der Waals surface area (Å²) in [6.07, 6.45) is 15.6. The van der Waals surface area contributed by atoms with Crippen LogP contribution in [0.2, 0.25) is 0 Å². The third kappa shape index (κ3) is 10.2. The Kier molecular flexibility index (Phi) is 14.6. The van der Waals surface area contributed by atoms with Crippen molar-refractivity contribution in [1.29, 1.82) is 0 Å². The predicted molar refractivity (Wildman–Crippen MR) is 119 cm³/mol. The Morgan fingerprint density at radius 2 is 1.61 bits per heavy atom. The molecule has 1 aromatic rings. The Morgan fingerprint density at radius 3 is 2.11 bits per heavy atom. The highest BCUT2D eigenvalue weighted by atomic mass is 16.1. The first kappa shape index (κ1) is 26.5. The van der Waals surface area contributed by atoms with Gasteiger partial charge in [0.05, 0.1) is 0 Å². The van der Waals surface area contributed by atoms with Gasteiger partial charge in [-0.15, -0.1) is 0 Å². The molecule has 0 radical (unpaired) electrons. The first-order valence-electron chi connectivity index (χ1n) is 11.1. The minimum Gasteiger partial charge on any atom is -0.412 e. The normalized spacial score (nSPS) is 13.9. The zero-order chi connectivity index (χ0) is 20.1. The third-order valence-corrected chi connectivity index (χ3v) is 5.75. The Labute approximate surface area is 172 Å². The molecule has 0 heterocycles. The summed E-state index contributed by atoms with van der Waals surface area (Å²) in [5.41, 5.74) is 4.31. The van der Waals surface area contributed by atoms with Crippen LogP contribution in [0, 0.1) is 19.8 Å². The molecule has 0 unspecified atom stereocenters. The van der Waals surface area contributed by atoms with E-state index in [1.807, 2.05) is 13.8 Å². The highest BCUT2D eigenvalue weighted by molar-refractivity contribution is 5.79. The quantitative estimate of drug-likeness (QED) is 0.364. The average molecular weight is 391 g/mol. The largest absolute Gasteiger partial charge is 0.412 e. The van der Waals surface area contributed by atoms with Crippen LogP contribution in [0.15, 0.2) is 12.1 Å². The van der Waals surface area contributed by atoms with E-state index in [9.17, 15) is 9.59 Å². The van der Waals surface area contributed by atoms with E-state index >= 15 is 0 Å². The second kappa shape index (κ2) is 15.4. The van der Waals surface area contributed by atoms with Crippen LogP contribution < -0.4 is 0 Å². The van der Waals surface area contributed by atoms with Crippen LogP contribution in [0.1, 0.15) is 112 Å². The molecule has 1 fully saturated rings. The molecular formula is C25H42O3. The molecule has 28 heavy (non-hydrogen) atoms. The second-order valence-electron chi connectivity index (χ2n) is 8.15. The third-order valence-electron chi connectivity index (χ3n) is 5.75. The molecule has 0 aliphatic heterocycles. The summed E-state index contributed by atoms with van der Waals surface area (Å²) in [4.78, 5) is 21.9. The van der Waals surface area contributed by atoms with Crippen LogP contribution in [0.3, 0.4) is 0 Å². The van der Waals surface area contributed by atoms with Crippen molar-refractivity contribution in [2.45, 2.75) is 105 Å². The molecule has 2 N–H and O–H groups in total. The molecule has 0 spiro atoms. The SMILES string of the molecule is CCCC(=O)CCCCC1CCCCC1.CCc1cc(C)c(C=O)c(C)c1.O. The molecule has 0 atom stereocenters. The molecule has 0 saturated heterocycles. The Bertz CT molecular complexity index is 548. The lowest BCUT2D eigenvalue weighted by atomic mass is 9.85. The van der Waals surface area contributed by atoms with Gasteiger partial charge < -0.3 is 5.48 Å². The number of benzene rings is 1. The summed E-state index contributed by atoms with van der Waals surface area (Å²) in [7, 11) is 0. The van der Waals surface area contributed by atoms with E-state index in [2.05, 4.69) is 26.0 Å². The fourth-order valence-electron chi connectivity index (χ4n) is 4.09. The van der Waals surface area contributed by atoms with Gasteiger partial charge in [0.2, 0.25) is 0 Å². The molecule has 2 rings (SSSR count). The highest BCUT2D eigenvalue weighted by Gasteiger charge is 2.12. The number of unbranched alkanes of at least 4 members (excludes halogenated alkanes) is 1. The van der Waals surface area contributed by atoms with Crippen molar-refractivity contribution in [2.24, 2.45) is 5.92 Å². The van der Waals surface area contributed by atoms with Gasteiger partial charge in [0.15, 0.2) is 6.29 Å². The van der Waals surface area contributed by atoms with Crippen molar-refractivity contribution >= 4 is 12.1 Å². The zero-order valence-corrected chi connectivity index (χ0v) is 18.6. The Balaban J connectivity index is 0.000000514. The maximum absolute atomic E-state index is 11.3. The molecule has 1 aliphatic carbocycles. The lowest BCUT2D eigenvalue weighted by Crippen LogP contribution is -2.06.